The minimum absolute atomic E-state index is 0.0948. The topological polar surface area (TPSA) is 90.4 Å². The smallest absolute Gasteiger partial charge is 0.304 e. The van der Waals surface area contributed by atoms with Crippen LogP contribution in [0.3, 0.4) is 0 Å². The van der Waals surface area contributed by atoms with Gasteiger partial charge in [0.25, 0.3) is 5.78 Å². The maximum atomic E-state index is 13.6. The molecule has 3 aromatic heterocycles. The fourth-order valence-electron chi connectivity index (χ4n) is 4.84. The van der Waals surface area contributed by atoms with Gasteiger partial charge >= 0.3 is 6.18 Å². The summed E-state index contributed by atoms with van der Waals surface area (Å²) >= 11 is 2.30. The molecule has 1 saturated heterocycles. The fraction of sp³-hybridized carbons (Fsp3) is 0.370. The number of ketones is 1. The van der Waals surface area contributed by atoms with Crippen molar-refractivity contribution in [3.05, 3.63) is 58.5 Å². The van der Waals surface area contributed by atoms with Crippen LogP contribution in [-0.4, -0.2) is 62.2 Å². The molecule has 5 rings (SSSR count). The Labute approximate surface area is 241 Å². The number of piperidine rings is 1. The SMILES string of the molecule is CSN1CCC(c2ccc3nc(CCC#N)c(N(C)c4nc(-c5ccc(F)cc5)c(C(=O)C(F)(F)F)s4)n3n2)CC1. The van der Waals surface area contributed by atoms with Gasteiger partial charge in [0.2, 0.25) is 0 Å². The zero-order valence-electron chi connectivity index (χ0n) is 22.2. The summed E-state index contributed by atoms with van der Waals surface area (Å²) < 4.78 is 58.1. The van der Waals surface area contributed by atoms with Crippen LogP contribution in [0, 0.1) is 17.1 Å². The van der Waals surface area contributed by atoms with Crippen LogP contribution in [0.2, 0.25) is 0 Å². The van der Waals surface area contributed by atoms with Gasteiger partial charge in [-0.25, -0.2) is 14.4 Å². The lowest BCUT2D eigenvalue weighted by Crippen LogP contribution is -2.27. The molecule has 0 aliphatic carbocycles. The number of benzene rings is 1. The number of Topliss-reactive ketones (excluding diaryl/α,β-unsaturated/α-hetero) is 1. The van der Waals surface area contributed by atoms with Crippen molar-refractivity contribution in [3.63, 3.8) is 0 Å². The van der Waals surface area contributed by atoms with Gasteiger partial charge in [-0.05, 0) is 55.5 Å². The Morgan fingerprint density at radius 3 is 2.51 bits per heavy atom. The molecule has 0 bridgehead atoms. The minimum Gasteiger partial charge on any atom is -0.304 e. The van der Waals surface area contributed by atoms with Gasteiger partial charge in [-0.15, -0.1) is 0 Å². The number of fused-ring (bicyclic) bond motifs is 1. The van der Waals surface area contributed by atoms with E-state index in [-0.39, 0.29) is 35.1 Å². The predicted octanol–water partition coefficient (Wildman–Crippen LogP) is 6.42. The van der Waals surface area contributed by atoms with Crippen LogP contribution in [0.25, 0.3) is 16.9 Å². The quantitative estimate of drug-likeness (QED) is 0.130. The summed E-state index contributed by atoms with van der Waals surface area (Å²) in [7, 11) is 1.61. The van der Waals surface area contributed by atoms with E-state index < -0.39 is 22.7 Å². The Hall–Kier alpha value is -3.54. The Balaban J connectivity index is 1.60. The summed E-state index contributed by atoms with van der Waals surface area (Å²) in [6, 6.07) is 10.6. The van der Waals surface area contributed by atoms with E-state index in [0.29, 0.717) is 28.5 Å². The Morgan fingerprint density at radius 1 is 1.17 bits per heavy atom. The summed E-state index contributed by atoms with van der Waals surface area (Å²) in [5.74, 6) is -1.93. The Kier molecular flexibility index (Phi) is 8.30. The molecule has 0 radical (unpaired) electrons. The number of thiazole rings is 1. The first kappa shape index (κ1) is 29.0. The van der Waals surface area contributed by atoms with Crippen LogP contribution in [0.5, 0.6) is 0 Å². The molecule has 4 heterocycles. The summed E-state index contributed by atoms with van der Waals surface area (Å²) in [4.78, 5) is 22.4. The molecule has 0 atom stereocenters. The fourth-order valence-corrected chi connectivity index (χ4v) is 6.43. The van der Waals surface area contributed by atoms with Crippen LogP contribution >= 0.6 is 23.3 Å². The van der Waals surface area contributed by atoms with Crippen LogP contribution in [0.4, 0.5) is 28.5 Å². The second kappa shape index (κ2) is 11.8. The molecule has 14 heteroatoms. The highest BCUT2D eigenvalue weighted by Gasteiger charge is 2.43. The number of carbonyl (C=O) groups excluding carboxylic acids is 1. The zero-order valence-corrected chi connectivity index (χ0v) is 23.8. The standard InChI is InChI=1S/C27H25F4N7OS2/c1-36(26-34-22(17-5-7-18(28)8-6-17)23(41-26)24(39)27(29,30)31)25-20(4-3-13-32)33-21-10-9-19(35-38(21)25)16-11-14-37(40-2)15-12-16/h5-10,16H,3-4,11-12,14-15H2,1-2H3. The van der Waals surface area contributed by atoms with E-state index in [2.05, 4.69) is 26.6 Å². The van der Waals surface area contributed by atoms with E-state index in [1.165, 1.54) is 12.1 Å². The molecule has 214 valence electrons. The van der Waals surface area contributed by atoms with E-state index in [1.54, 1.807) is 28.4 Å². The number of alkyl halides is 3. The third-order valence-electron chi connectivity index (χ3n) is 6.95. The number of aromatic nitrogens is 4. The number of hydrogen-bond donors (Lipinski definition) is 0. The third-order valence-corrected chi connectivity index (χ3v) is 8.96. The number of hydrogen-bond acceptors (Lipinski definition) is 9. The van der Waals surface area contributed by atoms with Gasteiger partial charge in [-0.1, -0.05) is 23.3 Å². The Bertz CT molecular complexity index is 1600. The van der Waals surface area contributed by atoms with Gasteiger partial charge < -0.3 is 4.90 Å². The van der Waals surface area contributed by atoms with E-state index in [4.69, 9.17) is 5.10 Å². The molecule has 0 unspecified atom stereocenters. The van der Waals surface area contributed by atoms with Crippen molar-refractivity contribution >= 4 is 45.7 Å². The number of rotatable bonds is 8. The molecule has 0 amide bonds. The molecular formula is C27H25F4N7OS2. The largest absolute Gasteiger partial charge is 0.455 e. The van der Waals surface area contributed by atoms with Crippen LogP contribution in [-0.2, 0) is 6.42 Å². The highest BCUT2D eigenvalue weighted by molar-refractivity contribution is 7.96. The monoisotopic (exact) mass is 603 g/mol. The lowest BCUT2D eigenvalue weighted by Gasteiger charge is -2.29. The molecule has 0 saturated carbocycles. The highest BCUT2D eigenvalue weighted by Crippen LogP contribution is 2.40. The van der Waals surface area contributed by atoms with E-state index in [0.717, 1.165) is 43.8 Å². The molecule has 4 aromatic rings. The number of carbonyl (C=O) groups is 1. The van der Waals surface area contributed by atoms with Crippen molar-refractivity contribution in [2.24, 2.45) is 0 Å². The highest BCUT2D eigenvalue weighted by atomic mass is 32.2. The molecule has 1 aliphatic heterocycles. The number of imidazole rings is 1. The molecule has 1 aromatic carbocycles. The molecular weight excluding hydrogens is 578 g/mol. The van der Waals surface area contributed by atoms with Crippen molar-refractivity contribution in [1.29, 1.82) is 5.26 Å². The summed E-state index contributed by atoms with van der Waals surface area (Å²) in [5, 5.41) is 14.2. The number of nitriles is 1. The maximum absolute atomic E-state index is 13.6. The van der Waals surface area contributed by atoms with Crippen molar-refractivity contribution in [2.75, 3.05) is 31.3 Å². The minimum atomic E-state index is -5.12. The zero-order chi connectivity index (χ0) is 29.3. The molecule has 8 nitrogen and oxygen atoms in total. The first-order valence-electron chi connectivity index (χ1n) is 12.8. The van der Waals surface area contributed by atoms with Crippen molar-refractivity contribution in [2.45, 2.75) is 37.8 Å². The number of aryl methyl sites for hydroxylation is 1. The van der Waals surface area contributed by atoms with Gasteiger partial charge in [0.1, 0.15) is 10.7 Å². The first-order valence-corrected chi connectivity index (χ1v) is 14.8. The maximum Gasteiger partial charge on any atom is 0.455 e. The van der Waals surface area contributed by atoms with Gasteiger partial charge in [0.05, 0.1) is 23.2 Å². The lowest BCUT2D eigenvalue weighted by molar-refractivity contribution is -0.0882. The Morgan fingerprint density at radius 2 is 1.88 bits per heavy atom. The molecule has 41 heavy (non-hydrogen) atoms. The summed E-state index contributed by atoms with van der Waals surface area (Å²) in [6.07, 6.45) is -0.768. The van der Waals surface area contributed by atoms with Gasteiger partial charge in [0.15, 0.2) is 16.6 Å². The average molecular weight is 604 g/mol. The molecule has 1 fully saturated rings. The van der Waals surface area contributed by atoms with Crippen LogP contribution < -0.4 is 4.90 Å². The predicted molar refractivity (Wildman–Crippen MR) is 150 cm³/mol. The summed E-state index contributed by atoms with van der Waals surface area (Å²) in [6.45, 7) is 1.86. The molecule has 0 N–H and O–H groups in total. The van der Waals surface area contributed by atoms with E-state index in [9.17, 15) is 27.6 Å². The molecule has 0 spiro atoms. The normalized spacial score (nSPS) is 14.9. The average Bonchev–Trinajstić information content (AvgIpc) is 3.57. The number of halogens is 4. The lowest BCUT2D eigenvalue weighted by atomic mass is 9.94. The van der Waals surface area contributed by atoms with E-state index in [1.807, 2.05) is 12.1 Å². The second-order valence-corrected chi connectivity index (χ2v) is 11.4. The number of anilines is 2. The second-order valence-electron chi connectivity index (χ2n) is 9.52. The first-order chi connectivity index (χ1) is 19.6. The van der Waals surface area contributed by atoms with Crippen molar-refractivity contribution in [3.8, 4) is 17.3 Å². The van der Waals surface area contributed by atoms with Crippen molar-refractivity contribution < 1.29 is 22.4 Å². The summed E-state index contributed by atoms with van der Waals surface area (Å²) in [5.41, 5.74) is 1.90. The van der Waals surface area contributed by atoms with Crippen molar-refractivity contribution in [1.82, 2.24) is 23.9 Å². The van der Waals surface area contributed by atoms with Crippen LogP contribution in [0.15, 0.2) is 36.4 Å². The number of nitrogens with zero attached hydrogens (tertiary/aromatic N) is 7. The van der Waals surface area contributed by atoms with Gasteiger partial charge in [-0.3, -0.25) is 9.10 Å². The van der Waals surface area contributed by atoms with Gasteiger partial charge in [0, 0.05) is 44.5 Å². The third kappa shape index (κ3) is 5.93. The van der Waals surface area contributed by atoms with E-state index >= 15 is 0 Å². The van der Waals surface area contributed by atoms with Crippen LogP contribution in [0.1, 0.15) is 46.2 Å². The molecule has 1 aliphatic rings. The van der Waals surface area contributed by atoms with Gasteiger partial charge in [-0.2, -0.15) is 28.0 Å².